The van der Waals surface area contributed by atoms with Gasteiger partial charge < -0.3 is 5.73 Å². The first-order chi connectivity index (χ1) is 9.78. The van der Waals surface area contributed by atoms with Crippen LogP contribution < -0.4 is 10.5 Å². The fourth-order valence-electron chi connectivity index (χ4n) is 2.40. The maximum Gasteiger partial charge on any atom is 0.237 e. The maximum atomic E-state index is 12.3. The highest BCUT2D eigenvalue weighted by atomic mass is 32.2. The smallest absolute Gasteiger partial charge is 0.237 e. The second kappa shape index (κ2) is 5.77. The van der Waals surface area contributed by atoms with Crippen molar-refractivity contribution in [3.63, 3.8) is 0 Å². The summed E-state index contributed by atoms with van der Waals surface area (Å²) in [7, 11) is -3.50. The standard InChI is InChI=1S/C16H20N2O2S/c1-11-8-12(2)16(13(3)9-11)18-21(19,20)10-14-6-4-5-7-15(14)17/h4-9,18H,10,17H2,1-3H3. The monoisotopic (exact) mass is 304 g/mol. The van der Waals surface area contributed by atoms with E-state index in [0.29, 0.717) is 16.9 Å². The molecule has 0 bridgehead atoms. The molecule has 0 unspecified atom stereocenters. The highest BCUT2D eigenvalue weighted by molar-refractivity contribution is 7.91. The van der Waals surface area contributed by atoms with Crippen LogP contribution in [-0.4, -0.2) is 8.42 Å². The predicted molar refractivity (Wildman–Crippen MR) is 87.8 cm³/mol. The van der Waals surface area contributed by atoms with Gasteiger partial charge in [-0.05, 0) is 43.5 Å². The Morgan fingerprint density at radius 1 is 1.05 bits per heavy atom. The molecule has 5 heteroatoms. The fourth-order valence-corrected chi connectivity index (χ4v) is 3.78. The van der Waals surface area contributed by atoms with Crippen molar-refractivity contribution in [3.8, 4) is 0 Å². The number of para-hydroxylation sites is 1. The van der Waals surface area contributed by atoms with Gasteiger partial charge in [0.25, 0.3) is 0 Å². The number of sulfonamides is 1. The summed E-state index contributed by atoms with van der Waals surface area (Å²) in [6.07, 6.45) is 0. The molecule has 2 aromatic rings. The summed E-state index contributed by atoms with van der Waals surface area (Å²) < 4.78 is 27.4. The van der Waals surface area contributed by atoms with Gasteiger partial charge >= 0.3 is 0 Å². The third kappa shape index (κ3) is 3.76. The average molecular weight is 304 g/mol. The molecule has 0 aliphatic rings. The van der Waals surface area contributed by atoms with Gasteiger partial charge in [-0.25, -0.2) is 8.42 Å². The lowest BCUT2D eigenvalue weighted by Gasteiger charge is -2.15. The lowest BCUT2D eigenvalue weighted by molar-refractivity contribution is 0.600. The van der Waals surface area contributed by atoms with Crippen LogP contribution in [0.15, 0.2) is 36.4 Å². The number of anilines is 2. The molecule has 0 radical (unpaired) electrons. The van der Waals surface area contributed by atoms with E-state index in [0.717, 1.165) is 16.7 Å². The quantitative estimate of drug-likeness (QED) is 0.852. The minimum absolute atomic E-state index is 0.133. The first-order valence-electron chi connectivity index (χ1n) is 6.70. The fraction of sp³-hybridized carbons (Fsp3) is 0.250. The first kappa shape index (κ1) is 15.4. The molecule has 0 fully saturated rings. The van der Waals surface area contributed by atoms with Gasteiger partial charge in [0.1, 0.15) is 0 Å². The molecule has 0 saturated carbocycles. The summed E-state index contributed by atoms with van der Waals surface area (Å²) in [6.45, 7) is 5.78. The van der Waals surface area contributed by atoms with Gasteiger partial charge in [0.2, 0.25) is 10.0 Å². The molecule has 0 spiro atoms. The second-order valence-electron chi connectivity index (χ2n) is 5.33. The number of nitrogen functional groups attached to an aromatic ring is 1. The van der Waals surface area contributed by atoms with E-state index in [1.54, 1.807) is 24.3 Å². The number of rotatable bonds is 4. The van der Waals surface area contributed by atoms with Gasteiger partial charge in [-0.15, -0.1) is 0 Å². The number of nitrogens with one attached hydrogen (secondary N) is 1. The van der Waals surface area contributed by atoms with E-state index in [1.807, 2.05) is 32.9 Å². The average Bonchev–Trinajstić information content (AvgIpc) is 2.36. The molecule has 2 aromatic carbocycles. The Morgan fingerprint density at radius 3 is 2.19 bits per heavy atom. The van der Waals surface area contributed by atoms with Crippen molar-refractivity contribution >= 4 is 21.4 Å². The zero-order valence-electron chi connectivity index (χ0n) is 12.5. The number of hydrogen-bond acceptors (Lipinski definition) is 3. The van der Waals surface area contributed by atoms with E-state index < -0.39 is 10.0 Å². The Morgan fingerprint density at radius 2 is 1.62 bits per heavy atom. The first-order valence-corrected chi connectivity index (χ1v) is 8.35. The topological polar surface area (TPSA) is 72.2 Å². The lowest BCUT2D eigenvalue weighted by Crippen LogP contribution is -2.17. The maximum absolute atomic E-state index is 12.3. The minimum Gasteiger partial charge on any atom is -0.398 e. The molecular weight excluding hydrogens is 284 g/mol. The molecule has 0 saturated heterocycles. The number of hydrogen-bond donors (Lipinski definition) is 2. The summed E-state index contributed by atoms with van der Waals surface area (Å²) in [5.41, 5.74) is 10.5. The highest BCUT2D eigenvalue weighted by Gasteiger charge is 2.16. The van der Waals surface area contributed by atoms with E-state index in [1.165, 1.54) is 0 Å². The van der Waals surface area contributed by atoms with Crippen molar-refractivity contribution < 1.29 is 8.42 Å². The minimum atomic E-state index is -3.50. The molecule has 0 aromatic heterocycles. The van der Waals surface area contributed by atoms with Crippen LogP contribution in [0.3, 0.4) is 0 Å². The number of aryl methyl sites for hydroxylation is 3. The molecule has 4 nitrogen and oxygen atoms in total. The molecule has 0 heterocycles. The van der Waals surface area contributed by atoms with E-state index >= 15 is 0 Å². The van der Waals surface area contributed by atoms with Gasteiger partial charge in [-0.2, -0.15) is 0 Å². The van der Waals surface area contributed by atoms with E-state index in [2.05, 4.69) is 4.72 Å². The van der Waals surface area contributed by atoms with Crippen LogP contribution in [0.4, 0.5) is 11.4 Å². The molecule has 21 heavy (non-hydrogen) atoms. The largest absolute Gasteiger partial charge is 0.398 e. The van der Waals surface area contributed by atoms with Crippen molar-refractivity contribution in [2.45, 2.75) is 26.5 Å². The van der Waals surface area contributed by atoms with Crippen LogP contribution in [0.5, 0.6) is 0 Å². The van der Waals surface area contributed by atoms with Crippen LogP contribution in [0.2, 0.25) is 0 Å². The predicted octanol–water partition coefficient (Wildman–Crippen LogP) is 3.14. The Bertz CT molecular complexity index is 745. The van der Waals surface area contributed by atoms with E-state index in [-0.39, 0.29) is 5.75 Å². The second-order valence-corrected chi connectivity index (χ2v) is 7.06. The SMILES string of the molecule is Cc1cc(C)c(NS(=O)(=O)Cc2ccccc2N)c(C)c1. The van der Waals surface area contributed by atoms with Gasteiger partial charge in [0, 0.05) is 5.69 Å². The van der Waals surface area contributed by atoms with Gasteiger partial charge in [0.15, 0.2) is 0 Å². The number of nitrogens with two attached hydrogens (primary N) is 1. The summed E-state index contributed by atoms with van der Waals surface area (Å²) in [6, 6.07) is 10.9. The normalized spacial score (nSPS) is 11.4. The Kier molecular flexibility index (Phi) is 4.23. The van der Waals surface area contributed by atoms with Crippen LogP contribution in [0, 0.1) is 20.8 Å². The summed E-state index contributed by atoms with van der Waals surface area (Å²) in [5.74, 6) is -0.133. The summed E-state index contributed by atoms with van der Waals surface area (Å²) in [4.78, 5) is 0. The zero-order chi connectivity index (χ0) is 15.6. The zero-order valence-corrected chi connectivity index (χ0v) is 13.3. The van der Waals surface area contributed by atoms with Crippen LogP contribution in [-0.2, 0) is 15.8 Å². The molecule has 0 aliphatic carbocycles. The van der Waals surface area contributed by atoms with Crippen molar-refractivity contribution in [2.24, 2.45) is 0 Å². The van der Waals surface area contributed by atoms with Gasteiger partial charge in [-0.3, -0.25) is 4.72 Å². The molecule has 0 aliphatic heterocycles. The number of benzene rings is 2. The molecule has 3 N–H and O–H groups in total. The molecule has 0 atom stereocenters. The van der Waals surface area contributed by atoms with Crippen LogP contribution in [0.25, 0.3) is 0 Å². The highest BCUT2D eigenvalue weighted by Crippen LogP contribution is 2.24. The third-order valence-electron chi connectivity index (χ3n) is 3.34. The molecule has 2 rings (SSSR count). The van der Waals surface area contributed by atoms with E-state index in [9.17, 15) is 8.42 Å². The summed E-state index contributed by atoms with van der Waals surface area (Å²) in [5, 5.41) is 0. The van der Waals surface area contributed by atoms with Crippen molar-refractivity contribution in [1.29, 1.82) is 0 Å². The van der Waals surface area contributed by atoms with E-state index in [4.69, 9.17) is 5.73 Å². The lowest BCUT2D eigenvalue weighted by atomic mass is 10.1. The van der Waals surface area contributed by atoms with Gasteiger partial charge in [-0.1, -0.05) is 35.9 Å². The summed E-state index contributed by atoms with van der Waals surface area (Å²) >= 11 is 0. The van der Waals surface area contributed by atoms with Crippen molar-refractivity contribution in [3.05, 3.63) is 58.7 Å². The Labute approximate surface area is 126 Å². The van der Waals surface area contributed by atoms with Crippen molar-refractivity contribution in [2.75, 3.05) is 10.5 Å². The van der Waals surface area contributed by atoms with Crippen molar-refractivity contribution in [1.82, 2.24) is 0 Å². The van der Waals surface area contributed by atoms with Crippen LogP contribution >= 0.6 is 0 Å². The molecule has 0 amide bonds. The third-order valence-corrected chi connectivity index (χ3v) is 4.54. The molecular formula is C16H20N2O2S. The van der Waals surface area contributed by atoms with Gasteiger partial charge in [0.05, 0.1) is 11.4 Å². The Balaban J connectivity index is 2.29. The van der Waals surface area contributed by atoms with Crippen LogP contribution in [0.1, 0.15) is 22.3 Å². The molecule has 112 valence electrons. The Hall–Kier alpha value is -2.01.